The fourth-order valence-corrected chi connectivity index (χ4v) is 2.25. The molecule has 1 heterocycles. The summed E-state index contributed by atoms with van der Waals surface area (Å²) in [4.78, 5) is 2.46. The Balaban J connectivity index is 2.44. The Morgan fingerprint density at radius 3 is 2.71 bits per heavy atom. The Kier molecular flexibility index (Phi) is 4.85. The van der Waals surface area contributed by atoms with Gasteiger partial charge in [-0.3, -0.25) is 4.90 Å². The van der Waals surface area contributed by atoms with E-state index in [2.05, 4.69) is 31.1 Å². The molecule has 0 aromatic rings. The lowest BCUT2D eigenvalue weighted by Gasteiger charge is -2.34. The first-order chi connectivity index (χ1) is 6.70. The molecule has 0 saturated carbocycles. The molecule has 0 spiro atoms. The molecule has 3 unspecified atom stereocenters. The van der Waals surface area contributed by atoms with Crippen LogP contribution in [0.5, 0.6) is 0 Å². The van der Waals surface area contributed by atoms with E-state index in [-0.39, 0.29) is 0 Å². The first-order valence-corrected chi connectivity index (χ1v) is 5.67. The van der Waals surface area contributed by atoms with Crippen LogP contribution in [-0.2, 0) is 4.74 Å². The fraction of sp³-hybridized carbons (Fsp3) is 1.00. The number of hydrogen-bond acceptors (Lipinski definition) is 3. The van der Waals surface area contributed by atoms with Gasteiger partial charge in [-0.2, -0.15) is 0 Å². The zero-order chi connectivity index (χ0) is 10.6. The van der Waals surface area contributed by atoms with E-state index in [1.165, 1.54) is 12.8 Å². The van der Waals surface area contributed by atoms with Gasteiger partial charge < -0.3 is 10.1 Å². The van der Waals surface area contributed by atoms with Crippen molar-refractivity contribution in [3.63, 3.8) is 0 Å². The molecule has 3 atom stereocenters. The highest BCUT2D eigenvalue weighted by Crippen LogP contribution is 2.16. The molecule has 1 saturated heterocycles. The lowest BCUT2D eigenvalue weighted by Crippen LogP contribution is -2.49. The summed E-state index contributed by atoms with van der Waals surface area (Å²) in [5.74, 6) is 0. The van der Waals surface area contributed by atoms with Gasteiger partial charge in [-0.1, -0.05) is 6.92 Å². The van der Waals surface area contributed by atoms with E-state index in [9.17, 15) is 0 Å². The molecule has 1 N–H and O–H groups in total. The van der Waals surface area contributed by atoms with Crippen LogP contribution in [0.3, 0.4) is 0 Å². The summed E-state index contributed by atoms with van der Waals surface area (Å²) in [6.45, 7) is 6.36. The van der Waals surface area contributed by atoms with Crippen LogP contribution in [0, 0.1) is 0 Å². The van der Waals surface area contributed by atoms with Crippen LogP contribution in [0.25, 0.3) is 0 Å². The summed E-state index contributed by atoms with van der Waals surface area (Å²) in [5.41, 5.74) is 0. The zero-order valence-electron chi connectivity index (χ0n) is 9.92. The van der Waals surface area contributed by atoms with Crippen LogP contribution in [0.1, 0.15) is 26.7 Å². The van der Waals surface area contributed by atoms with E-state index in [0.717, 1.165) is 13.2 Å². The topological polar surface area (TPSA) is 24.5 Å². The number of ether oxygens (including phenoxy) is 1. The Labute approximate surface area is 87.8 Å². The maximum Gasteiger partial charge on any atom is 0.0622 e. The predicted molar refractivity (Wildman–Crippen MR) is 59.6 cm³/mol. The van der Waals surface area contributed by atoms with Gasteiger partial charge in [-0.05, 0) is 33.9 Å². The second-order valence-corrected chi connectivity index (χ2v) is 4.23. The molecule has 1 fully saturated rings. The van der Waals surface area contributed by atoms with Crippen molar-refractivity contribution in [2.75, 3.05) is 27.3 Å². The van der Waals surface area contributed by atoms with E-state index in [0.29, 0.717) is 18.1 Å². The van der Waals surface area contributed by atoms with Gasteiger partial charge in [-0.15, -0.1) is 0 Å². The first-order valence-electron chi connectivity index (χ1n) is 5.67. The van der Waals surface area contributed by atoms with E-state index in [1.54, 1.807) is 0 Å². The summed E-state index contributed by atoms with van der Waals surface area (Å²) >= 11 is 0. The average Bonchev–Trinajstić information content (AvgIpc) is 2.71. The van der Waals surface area contributed by atoms with Crippen molar-refractivity contribution in [2.45, 2.75) is 44.8 Å². The zero-order valence-corrected chi connectivity index (χ0v) is 9.92. The quantitative estimate of drug-likeness (QED) is 0.719. The molecule has 3 heteroatoms. The molecule has 1 aliphatic heterocycles. The van der Waals surface area contributed by atoms with Crippen molar-refractivity contribution < 1.29 is 4.74 Å². The highest BCUT2D eigenvalue weighted by Gasteiger charge is 2.27. The standard InChI is InChI=1S/C11H24N2O/c1-5-11(12-3)9(2)13(4)10-6-7-14-8-10/h9-12H,5-8H2,1-4H3. The molecular weight excluding hydrogens is 176 g/mol. The van der Waals surface area contributed by atoms with Gasteiger partial charge >= 0.3 is 0 Å². The molecule has 3 nitrogen and oxygen atoms in total. The minimum Gasteiger partial charge on any atom is -0.380 e. The molecule has 84 valence electrons. The molecular formula is C11H24N2O. The highest BCUT2D eigenvalue weighted by molar-refractivity contribution is 4.83. The van der Waals surface area contributed by atoms with Crippen molar-refractivity contribution >= 4 is 0 Å². The highest BCUT2D eigenvalue weighted by atomic mass is 16.5. The monoisotopic (exact) mass is 200 g/mol. The molecule has 0 aromatic carbocycles. The lowest BCUT2D eigenvalue weighted by molar-refractivity contribution is 0.121. The Hall–Kier alpha value is -0.120. The number of nitrogens with zero attached hydrogens (tertiary/aromatic N) is 1. The Morgan fingerprint density at radius 1 is 1.57 bits per heavy atom. The molecule has 1 aliphatic rings. The van der Waals surface area contributed by atoms with Crippen LogP contribution in [-0.4, -0.2) is 50.3 Å². The van der Waals surface area contributed by atoms with Crippen LogP contribution in [0.4, 0.5) is 0 Å². The van der Waals surface area contributed by atoms with Crippen LogP contribution in [0.15, 0.2) is 0 Å². The van der Waals surface area contributed by atoms with Gasteiger partial charge in [0.2, 0.25) is 0 Å². The van der Waals surface area contributed by atoms with Crippen LogP contribution >= 0.6 is 0 Å². The third-order valence-electron chi connectivity index (χ3n) is 3.52. The number of rotatable bonds is 5. The van der Waals surface area contributed by atoms with E-state index in [1.807, 2.05) is 7.05 Å². The summed E-state index contributed by atoms with van der Waals surface area (Å²) in [5, 5.41) is 3.37. The third-order valence-corrected chi connectivity index (χ3v) is 3.52. The van der Waals surface area contributed by atoms with Crippen molar-refractivity contribution in [3.8, 4) is 0 Å². The van der Waals surface area contributed by atoms with E-state index >= 15 is 0 Å². The van der Waals surface area contributed by atoms with Gasteiger partial charge in [0.15, 0.2) is 0 Å². The largest absolute Gasteiger partial charge is 0.380 e. The number of likely N-dealkylation sites (N-methyl/N-ethyl adjacent to an activating group) is 2. The second-order valence-electron chi connectivity index (χ2n) is 4.23. The maximum atomic E-state index is 5.41. The number of hydrogen-bond donors (Lipinski definition) is 1. The van der Waals surface area contributed by atoms with Gasteiger partial charge in [0, 0.05) is 24.7 Å². The lowest BCUT2D eigenvalue weighted by atomic mass is 10.0. The first kappa shape index (κ1) is 12.0. The SMILES string of the molecule is CCC(NC)C(C)N(C)C1CCOC1. The number of nitrogens with one attached hydrogen (secondary N) is 1. The van der Waals surface area contributed by atoms with Gasteiger partial charge in [0.05, 0.1) is 6.61 Å². The molecule has 1 rings (SSSR count). The van der Waals surface area contributed by atoms with Crippen molar-refractivity contribution in [1.82, 2.24) is 10.2 Å². The second kappa shape index (κ2) is 5.69. The van der Waals surface area contributed by atoms with Crippen LogP contribution < -0.4 is 5.32 Å². The minimum absolute atomic E-state index is 0.580. The molecule has 0 radical (unpaired) electrons. The summed E-state index contributed by atoms with van der Waals surface area (Å²) in [7, 11) is 4.26. The van der Waals surface area contributed by atoms with E-state index < -0.39 is 0 Å². The molecule has 0 bridgehead atoms. The van der Waals surface area contributed by atoms with Gasteiger partial charge in [-0.25, -0.2) is 0 Å². The maximum absolute atomic E-state index is 5.41. The van der Waals surface area contributed by atoms with E-state index in [4.69, 9.17) is 4.74 Å². The Bertz CT molecular complexity index is 147. The smallest absolute Gasteiger partial charge is 0.0622 e. The third kappa shape index (κ3) is 2.69. The normalized spacial score (nSPS) is 26.8. The summed E-state index contributed by atoms with van der Waals surface area (Å²) in [6, 6.07) is 1.78. The fourth-order valence-electron chi connectivity index (χ4n) is 2.25. The van der Waals surface area contributed by atoms with Crippen molar-refractivity contribution in [2.24, 2.45) is 0 Å². The molecule has 0 amide bonds. The summed E-state index contributed by atoms with van der Waals surface area (Å²) < 4.78 is 5.41. The predicted octanol–water partition coefficient (Wildman–Crippen LogP) is 1.09. The minimum atomic E-state index is 0.580. The average molecular weight is 200 g/mol. The van der Waals surface area contributed by atoms with Crippen molar-refractivity contribution in [1.29, 1.82) is 0 Å². The molecule has 0 aliphatic carbocycles. The molecule has 14 heavy (non-hydrogen) atoms. The Morgan fingerprint density at radius 2 is 2.29 bits per heavy atom. The molecule has 0 aromatic heterocycles. The van der Waals surface area contributed by atoms with Crippen molar-refractivity contribution in [3.05, 3.63) is 0 Å². The summed E-state index contributed by atoms with van der Waals surface area (Å²) in [6.07, 6.45) is 2.36. The van der Waals surface area contributed by atoms with Gasteiger partial charge in [0.25, 0.3) is 0 Å². The van der Waals surface area contributed by atoms with Gasteiger partial charge in [0.1, 0.15) is 0 Å². The van der Waals surface area contributed by atoms with Crippen LogP contribution in [0.2, 0.25) is 0 Å².